The molecule has 0 aliphatic carbocycles. The fraction of sp³-hybridized carbons (Fsp3) is 0.368. The molecule has 0 saturated heterocycles. The van der Waals surface area contributed by atoms with Crippen molar-refractivity contribution in [3.63, 3.8) is 0 Å². The van der Waals surface area contributed by atoms with Gasteiger partial charge in [0.25, 0.3) is 0 Å². The van der Waals surface area contributed by atoms with E-state index in [-0.39, 0.29) is 11.9 Å². The zero-order valence-corrected chi connectivity index (χ0v) is 13.1. The van der Waals surface area contributed by atoms with Gasteiger partial charge < -0.3 is 5.32 Å². The van der Waals surface area contributed by atoms with Gasteiger partial charge in [0.2, 0.25) is 0 Å². The quantitative estimate of drug-likeness (QED) is 0.809. The maximum absolute atomic E-state index is 13.4. The van der Waals surface area contributed by atoms with Gasteiger partial charge in [-0.2, -0.15) is 0 Å². The Kier molecular flexibility index (Phi) is 5.51. The molecule has 2 aromatic carbocycles. The minimum absolute atomic E-state index is 0.164. The van der Waals surface area contributed by atoms with Crippen LogP contribution in [0.3, 0.4) is 0 Å². The van der Waals surface area contributed by atoms with Crippen LogP contribution in [0.2, 0.25) is 0 Å². The van der Waals surface area contributed by atoms with E-state index in [0.29, 0.717) is 0 Å². The number of halogens is 1. The Morgan fingerprint density at radius 2 is 1.90 bits per heavy atom. The van der Waals surface area contributed by atoms with E-state index in [0.717, 1.165) is 24.9 Å². The lowest BCUT2D eigenvalue weighted by atomic mass is 9.94. The molecule has 0 radical (unpaired) electrons. The van der Waals surface area contributed by atoms with E-state index in [1.54, 1.807) is 12.1 Å². The summed E-state index contributed by atoms with van der Waals surface area (Å²) in [7, 11) is 0. The van der Waals surface area contributed by atoms with Crippen LogP contribution in [0.25, 0.3) is 0 Å². The van der Waals surface area contributed by atoms with Crippen molar-refractivity contribution in [2.75, 3.05) is 6.54 Å². The van der Waals surface area contributed by atoms with Crippen molar-refractivity contribution < 1.29 is 4.39 Å². The van der Waals surface area contributed by atoms with Gasteiger partial charge in [0, 0.05) is 6.04 Å². The third-order valence-corrected chi connectivity index (χ3v) is 3.78. The molecule has 2 rings (SSSR count). The summed E-state index contributed by atoms with van der Waals surface area (Å²) in [6.07, 6.45) is 1.90. The van der Waals surface area contributed by atoms with Crippen LogP contribution >= 0.6 is 0 Å². The number of benzene rings is 2. The van der Waals surface area contributed by atoms with Gasteiger partial charge in [-0.1, -0.05) is 42.8 Å². The first-order chi connectivity index (χ1) is 10.1. The van der Waals surface area contributed by atoms with E-state index in [2.05, 4.69) is 44.3 Å². The summed E-state index contributed by atoms with van der Waals surface area (Å²) in [5, 5.41) is 3.60. The third-order valence-electron chi connectivity index (χ3n) is 3.78. The smallest absolute Gasteiger partial charge is 0.123 e. The van der Waals surface area contributed by atoms with E-state index < -0.39 is 0 Å². The molecule has 1 unspecified atom stereocenters. The molecular formula is C19H24FN. The van der Waals surface area contributed by atoms with Gasteiger partial charge in [0.05, 0.1) is 0 Å². The summed E-state index contributed by atoms with van der Waals surface area (Å²) >= 11 is 0. The highest BCUT2D eigenvalue weighted by molar-refractivity contribution is 5.34. The molecule has 112 valence electrons. The van der Waals surface area contributed by atoms with Gasteiger partial charge >= 0.3 is 0 Å². The molecule has 1 nitrogen and oxygen atoms in total. The normalized spacial score (nSPS) is 12.4. The average molecular weight is 285 g/mol. The van der Waals surface area contributed by atoms with Crippen LogP contribution in [0.4, 0.5) is 4.39 Å². The number of aryl methyl sites for hydroxylation is 2. The summed E-state index contributed by atoms with van der Waals surface area (Å²) < 4.78 is 13.4. The van der Waals surface area contributed by atoms with Gasteiger partial charge in [-0.3, -0.25) is 0 Å². The molecule has 1 atom stereocenters. The van der Waals surface area contributed by atoms with Crippen LogP contribution in [0.5, 0.6) is 0 Å². The number of hydrogen-bond acceptors (Lipinski definition) is 1. The summed E-state index contributed by atoms with van der Waals surface area (Å²) in [6, 6.07) is 13.7. The topological polar surface area (TPSA) is 12.0 Å². The lowest BCUT2D eigenvalue weighted by Gasteiger charge is -2.22. The molecule has 2 heteroatoms. The minimum atomic E-state index is -0.164. The first-order valence-electron chi connectivity index (χ1n) is 7.65. The van der Waals surface area contributed by atoms with Crippen molar-refractivity contribution in [1.82, 2.24) is 5.32 Å². The second kappa shape index (κ2) is 7.37. The minimum Gasteiger partial charge on any atom is -0.310 e. The highest BCUT2D eigenvalue weighted by atomic mass is 19.1. The SMILES string of the molecule is CCCNC(Cc1cccc(F)c1)c1cc(C)ccc1C. The van der Waals surface area contributed by atoms with E-state index >= 15 is 0 Å². The highest BCUT2D eigenvalue weighted by Gasteiger charge is 2.14. The zero-order valence-electron chi connectivity index (χ0n) is 13.1. The molecular weight excluding hydrogens is 261 g/mol. The van der Waals surface area contributed by atoms with Crippen LogP contribution < -0.4 is 5.32 Å². The van der Waals surface area contributed by atoms with E-state index in [1.807, 2.05) is 6.07 Å². The molecule has 1 N–H and O–H groups in total. The largest absolute Gasteiger partial charge is 0.310 e. The summed E-state index contributed by atoms with van der Waals surface area (Å²) in [6.45, 7) is 7.38. The molecule has 2 aromatic rings. The molecule has 0 aliphatic heterocycles. The molecule has 0 amide bonds. The first kappa shape index (κ1) is 15.7. The van der Waals surface area contributed by atoms with Crippen molar-refractivity contribution in [3.05, 3.63) is 70.5 Å². The molecule has 0 bridgehead atoms. The maximum Gasteiger partial charge on any atom is 0.123 e. The van der Waals surface area contributed by atoms with Gasteiger partial charge in [0.15, 0.2) is 0 Å². The van der Waals surface area contributed by atoms with Crippen LogP contribution in [0.15, 0.2) is 42.5 Å². The van der Waals surface area contributed by atoms with E-state index in [9.17, 15) is 4.39 Å². The first-order valence-corrected chi connectivity index (χ1v) is 7.65. The fourth-order valence-corrected chi connectivity index (χ4v) is 2.65. The standard InChI is InChI=1S/C19H24FN/c1-4-10-21-19(13-16-6-5-7-17(20)12-16)18-11-14(2)8-9-15(18)3/h5-9,11-12,19,21H,4,10,13H2,1-3H3. The van der Waals surface area contributed by atoms with Gasteiger partial charge in [0.1, 0.15) is 5.82 Å². The average Bonchev–Trinajstić information content (AvgIpc) is 2.46. The lowest BCUT2D eigenvalue weighted by Crippen LogP contribution is -2.25. The van der Waals surface area contributed by atoms with Crippen molar-refractivity contribution in [2.24, 2.45) is 0 Å². The Bertz CT molecular complexity index is 592. The van der Waals surface area contributed by atoms with E-state index in [1.165, 1.54) is 22.8 Å². The molecule has 0 spiro atoms. The number of nitrogens with one attached hydrogen (secondary N) is 1. The summed E-state index contributed by atoms with van der Waals surface area (Å²) in [5.41, 5.74) is 4.89. The second-order valence-electron chi connectivity index (χ2n) is 5.70. The van der Waals surface area contributed by atoms with Crippen molar-refractivity contribution in [3.8, 4) is 0 Å². The molecule has 0 aromatic heterocycles. The van der Waals surface area contributed by atoms with Crippen molar-refractivity contribution in [1.29, 1.82) is 0 Å². The van der Waals surface area contributed by atoms with E-state index in [4.69, 9.17) is 0 Å². The lowest BCUT2D eigenvalue weighted by molar-refractivity contribution is 0.525. The third kappa shape index (κ3) is 4.40. The zero-order chi connectivity index (χ0) is 15.2. The van der Waals surface area contributed by atoms with Crippen LogP contribution in [0, 0.1) is 19.7 Å². The molecule has 0 aliphatic rings. The van der Waals surface area contributed by atoms with Gasteiger partial charge in [-0.05, 0) is 62.1 Å². The Morgan fingerprint density at radius 1 is 1.10 bits per heavy atom. The van der Waals surface area contributed by atoms with Gasteiger partial charge in [-0.15, -0.1) is 0 Å². The maximum atomic E-state index is 13.4. The molecule has 0 saturated carbocycles. The second-order valence-corrected chi connectivity index (χ2v) is 5.70. The Hall–Kier alpha value is -1.67. The predicted octanol–water partition coefficient (Wildman–Crippen LogP) is 4.73. The fourth-order valence-electron chi connectivity index (χ4n) is 2.65. The Morgan fingerprint density at radius 3 is 2.62 bits per heavy atom. The molecule has 21 heavy (non-hydrogen) atoms. The van der Waals surface area contributed by atoms with Crippen LogP contribution in [0.1, 0.15) is 41.6 Å². The summed E-state index contributed by atoms with van der Waals surface area (Å²) in [4.78, 5) is 0. The Labute approximate surface area is 127 Å². The highest BCUT2D eigenvalue weighted by Crippen LogP contribution is 2.23. The van der Waals surface area contributed by atoms with Crippen LogP contribution in [-0.2, 0) is 6.42 Å². The number of hydrogen-bond donors (Lipinski definition) is 1. The Balaban J connectivity index is 2.27. The molecule has 0 heterocycles. The van der Waals surface area contributed by atoms with Crippen molar-refractivity contribution in [2.45, 2.75) is 39.7 Å². The molecule has 0 fully saturated rings. The predicted molar refractivity (Wildman–Crippen MR) is 87.1 cm³/mol. The van der Waals surface area contributed by atoms with Crippen LogP contribution in [-0.4, -0.2) is 6.54 Å². The number of rotatable bonds is 6. The van der Waals surface area contributed by atoms with Gasteiger partial charge in [-0.25, -0.2) is 4.39 Å². The van der Waals surface area contributed by atoms with Crippen molar-refractivity contribution >= 4 is 0 Å². The monoisotopic (exact) mass is 285 g/mol. The summed E-state index contributed by atoms with van der Waals surface area (Å²) in [5.74, 6) is -0.164.